The molecule has 2 aromatic rings. The van der Waals surface area contributed by atoms with Crippen molar-refractivity contribution < 1.29 is 4.74 Å². The van der Waals surface area contributed by atoms with Crippen LogP contribution in [-0.4, -0.2) is 11.6 Å². The zero-order chi connectivity index (χ0) is 12.1. The Morgan fingerprint density at radius 1 is 1.47 bits per heavy atom. The molecule has 0 aliphatic carbocycles. The van der Waals surface area contributed by atoms with E-state index >= 15 is 0 Å². The van der Waals surface area contributed by atoms with E-state index in [1.54, 1.807) is 17.5 Å². The van der Waals surface area contributed by atoms with Gasteiger partial charge in [-0.3, -0.25) is 0 Å². The van der Waals surface area contributed by atoms with Crippen LogP contribution in [0.5, 0.6) is 5.88 Å². The topological polar surface area (TPSA) is 48.1 Å². The molecule has 2 aromatic heterocycles. The summed E-state index contributed by atoms with van der Waals surface area (Å²) in [5.74, 6) is 0.632. The smallest absolute Gasteiger partial charge is 0.217 e. The first-order chi connectivity index (χ1) is 8.29. The summed E-state index contributed by atoms with van der Waals surface area (Å²) in [5, 5.41) is 2.07. The first-order valence-electron chi connectivity index (χ1n) is 5.29. The number of pyridine rings is 1. The number of rotatable bonds is 5. The average molecular weight is 313 g/mol. The Bertz CT molecular complexity index is 473. The summed E-state index contributed by atoms with van der Waals surface area (Å²) >= 11 is 5.10. The minimum Gasteiger partial charge on any atom is -0.477 e. The molecule has 0 aliphatic heterocycles. The SMILES string of the molecule is NCc1cc(Br)cnc1OCCc1cccs1. The van der Waals surface area contributed by atoms with Crippen LogP contribution in [0, 0.1) is 0 Å². The van der Waals surface area contributed by atoms with Crippen molar-refractivity contribution >= 4 is 27.3 Å². The van der Waals surface area contributed by atoms with Crippen LogP contribution in [0.3, 0.4) is 0 Å². The average Bonchev–Trinajstić information content (AvgIpc) is 2.84. The molecule has 0 saturated carbocycles. The molecule has 17 heavy (non-hydrogen) atoms. The lowest BCUT2D eigenvalue weighted by Gasteiger charge is -2.08. The van der Waals surface area contributed by atoms with Gasteiger partial charge in [0.1, 0.15) is 0 Å². The lowest BCUT2D eigenvalue weighted by Crippen LogP contribution is -2.06. The number of nitrogens with zero attached hydrogens (tertiary/aromatic N) is 1. The monoisotopic (exact) mass is 312 g/mol. The van der Waals surface area contributed by atoms with Gasteiger partial charge < -0.3 is 10.5 Å². The Hall–Kier alpha value is -0.910. The standard InChI is InChI=1S/C12H13BrN2OS/c13-10-6-9(7-14)12(15-8-10)16-4-3-11-2-1-5-17-11/h1-2,5-6,8H,3-4,7,14H2. The number of hydrogen-bond acceptors (Lipinski definition) is 4. The van der Waals surface area contributed by atoms with Gasteiger partial charge in [0, 0.05) is 34.1 Å². The molecule has 0 bridgehead atoms. The molecule has 0 aromatic carbocycles. The Morgan fingerprint density at radius 2 is 2.35 bits per heavy atom. The molecular weight excluding hydrogens is 300 g/mol. The number of hydrogen-bond donors (Lipinski definition) is 1. The van der Waals surface area contributed by atoms with Gasteiger partial charge in [-0.05, 0) is 33.4 Å². The molecule has 0 fully saturated rings. The van der Waals surface area contributed by atoms with Crippen molar-refractivity contribution in [1.82, 2.24) is 4.98 Å². The van der Waals surface area contributed by atoms with Gasteiger partial charge in [0.05, 0.1) is 6.61 Å². The Kier molecular flexibility index (Phi) is 4.53. The molecule has 0 spiro atoms. The maximum atomic E-state index is 5.65. The third kappa shape index (κ3) is 3.52. The lowest BCUT2D eigenvalue weighted by molar-refractivity contribution is 0.307. The summed E-state index contributed by atoms with van der Waals surface area (Å²) in [7, 11) is 0. The molecule has 0 unspecified atom stereocenters. The predicted molar refractivity (Wildman–Crippen MR) is 73.3 cm³/mol. The van der Waals surface area contributed by atoms with Crippen molar-refractivity contribution in [1.29, 1.82) is 0 Å². The van der Waals surface area contributed by atoms with E-state index in [4.69, 9.17) is 10.5 Å². The highest BCUT2D eigenvalue weighted by atomic mass is 79.9. The second kappa shape index (κ2) is 6.14. The summed E-state index contributed by atoms with van der Waals surface area (Å²) in [5.41, 5.74) is 6.57. The summed E-state index contributed by atoms with van der Waals surface area (Å²) < 4.78 is 6.57. The van der Waals surface area contributed by atoms with E-state index in [9.17, 15) is 0 Å². The fourth-order valence-corrected chi connectivity index (χ4v) is 2.52. The van der Waals surface area contributed by atoms with Crippen molar-refractivity contribution in [3.63, 3.8) is 0 Å². The van der Waals surface area contributed by atoms with E-state index in [0.717, 1.165) is 16.5 Å². The number of nitrogens with two attached hydrogens (primary N) is 1. The Labute approximate surface area is 113 Å². The molecule has 90 valence electrons. The van der Waals surface area contributed by atoms with Gasteiger partial charge >= 0.3 is 0 Å². The van der Waals surface area contributed by atoms with E-state index in [2.05, 4.69) is 32.4 Å². The van der Waals surface area contributed by atoms with Crippen LogP contribution in [0.25, 0.3) is 0 Å². The first-order valence-corrected chi connectivity index (χ1v) is 6.96. The second-order valence-corrected chi connectivity index (χ2v) is 5.45. The zero-order valence-corrected chi connectivity index (χ0v) is 11.6. The number of halogens is 1. The van der Waals surface area contributed by atoms with Gasteiger partial charge in [-0.15, -0.1) is 11.3 Å². The van der Waals surface area contributed by atoms with Gasteiger partial charge in [-0.25, -0.2) is 4.98 Å². The third-order valence-corrected chi connectivity index (χ3v) is 3.65. The molecular formula is C12H13BrN2OS. The highest BCUT2D eigenvalue weighted by Gasteiger charge is 2.05. The predicted octanol–water partition coefficient (Wildman–Crippen LogP) is 2.99. The van der Waals surface area contributed by atoms with E-state index in [-0.39, 0.29) is 0 Å². The largest absolute Gasteiger partial charge is 0.477 e. The van der Waals surface area contributed by atoms with Gasteiger partial charge in [0.15, 0.2) is 0 Å². The highest BCUT2D eigenvalue weighted by Crippen LogP contribution is 2.20. The maximum absolute atomic E-state index is 5.65. The van der Waals surface area contributed by atoms with Crippen LogP contribution >= 0.6 is 27.3 Å². The van der Waals surface area contributed by atoms with E-state index in [1.165, 1.54) is 4.88 Å². The van der Waals surface area contributed by atoms with Crippen LogP contribution in [-0.2, 0) is 13.0 Å². The minimum atomic E-state index is 0.431. The quantitative estimate of drug-likeness (QED) is 0.923. The first kappa shape index (κ1) is 12.5. The number of aromatic nitrogens is 1. The lowest BCUT2D eigenvalue weighted by atomic mass is 10.3. The molecule has 2 heterocycles. The van der Waals surface area contributed by atoms with Crippen molar-refractivity contribution in [2.45, 2.75) is 13.0 Å². The summed E-state index contributed by atoms with van der Waals surface area (Å²) in [4.78, 5) is 5.54. The molecule has 0 aliphatic rings. The van der Waals surface area contributed by atoms with Crippen molar-refractivity contribution in [2.75, 3.05) is 6.61 Å². The number of thiophene rings is 1. The van der Waals surface area contributed by atoms with Crippen molar-refractivity contribution in [2.24, 2.45) is 5.73 Å². The van der Waals surface area contributed by atoms with Crippen molar-refractivity contribution in [3.05, 3.63) is 44.7 Å². The Balaban J connectivity index is 1.94. The minimum absolute atomic E-state index is 0.431. The van der Waals surface area contributed by atoms with Crippen molar-refractivity contribution in [3.8, 4) is 5.88 Å². The van der Waals surface area contributed by atoms with Crippen LogP contribution in [0.4, 0.5) is 0 Å². The van der Waals surface area contributed by atoms with Gasteiger partial charge in [-0.1, -0.05) is 6.07 Å². The van der Waals surface area contributed by atoms with E-state index in [1.807, 2.05) is 12.1 Å². The van der Waals surface area contributed by atoms with Gasteiger partial charge in [0.2, 0.25) is 5.88 Å². The van der Waals surface area contributed by atoms with Crippen LogP contribution in [0.15, 0.2) is 34.2 Å². The fourth-order valence-electron chi connectivity index (χ4n) is 1.45. The highest BCUT2D eigenvalue weighted by molar-refractivity contribution is 9.10. The maximum Gasteiger partial charge on any atom is 0.217 e. The summed E-state index contributed by atoms with van der Waals surface area (Å²) in [6, 6.07) is 6.09. The summed E-state index contributed by atoms with van der Waals surface area (Å²) in [6.07, 6.45) is 2.62. The molecule has 2 rings (SSSR count). The summed E-state index contributed by atoms with van der Waals surface area (Å²) in [6.45, 7) is 1.06. The third-order valence-electron chi connectivity index (χ3n) is 2.28. The molecule has 0 radical (unpaired) electrons. The van der Waals surface area contributed by atoms with Crippen LogP contribution in [0.2, 0.25) is 0 Å². The second-order valence-electron chi connectivity index (χ2n) is 3.50. The van der Waals surface area contributed by atoms with Crippen LogP contribution in [0.1, 0.15) is 10.4 Å². The molecule has 0 amide bonds. The molecule has 0 atom stereocenters. The molecule has 2 N–H and O–H groups in total. The Morgan fingerprint density at radius 3 is 3.06 bits per heavy atom. The van der Waals surface area contributed by atoms with E-state index in [0.29, 0.717) is 19.0 Å². The van der Waals surface area contributed by atoms with Crippen LogP contribution < -0.4 is 10.5 Å². The fraction of sp³-hybridized carbons (Fsp3) is 0.250. The van der Waals surface area contributed by atoms with E-state index < -0.39 is 0 Å². The molecule has 3 nitrogen and oxygen atoms in total. The van der Waals surface area contributed by atoms with Gasteiger partial charge in [-0.2, -0.15) is 0 Å². The molecule has 5 heteroatoms. The van der Waals surface area contributed by atoms with Gasteiger partial charge in [0.25, 0.3) is 0 Å². The zero-order valence-electron chi connectivity index (χ0n) is 9.23. The normalized spacial score (nSPS) is 10.5. The molecule has 0 saturated heterocycles. The number of ether oxygens (including phenoxy) is 1.